The predicted octanol–water partition coefficient (Wildman–Crippen LogP) is 3.16. The van der Waals surface area contributed by atoms with E-state index in [-0.39, 0.29) is 25.5 Å². The van der Waals surface area contributed by atoms with E-state index in [9.17, 15) is 19.2 Å². The Morgan fingerprint density at radius 3 is 2.39 bits per heavy atom. The molecule has 162 valence electrons. The number of carbonyl (C=O) groups excluding carboxylic acids is 4. The molecule has 1 N–H and O–H groups in total. The van der Waals surface area contributed by atoms with E-state index >= 15 is 0 Å². The third-order valence-electron chi connectivity index (χ3n) is 4.62. The minimum Gasteiger partial charge on any atom is -0.462 e. The maximum Gasteiger partial charge on any atom is 0.338 e. The van der Waals surface area contributed by atoms with Crippen molar-refractivity contribution in [2.45, 2.75) is 13.3 Å². The zero-order valence-electron chi connectivity index (χ0n) is 16.8. The summed E-state index contributed by atoms with van der Waals surface area (Å²) in [6.45, 7) is 1.70. The van der Waals surface area contributed by atoms with Gasteiger partial charge in [-0.3, -0.25) is 14.4 Å². The SMILES string of the molecule is CCOC(=O)c1ccc(N2C[C@H](C(=O)OCC(=O)Nc3ccc(Br)cc3)CC2=O)cc1. The number of amides is 2. The largest absolute Gasteiger partial charge is 0.462 e. The molecule has 0 aromatic heterocycles. The number of anilines is 2. The molecule has 1 heterocycles. The summed E-state index contributed by atoms with van der Waals surface area (Å²) in [6.07, 6.45) is -0.00715. The summed E-state index contributed by atoms with van der Waals surface area (Å²) in [5.41, 5.74) is 1.53. The summed E-state index contributed by atoms with van der Waals surface area (Å²) in [6, 6.07) is 13.4. The zero-order valence-corrected chi connectivity index (χ0v) is 18.4. The number of nitrogens with one attached hydrogen (secondary N) is 1. The van der Waals surface area contributed by atoms with E-state index < -0.39 is 30.4 Å². The average molecular weight is 489 g/mol. The predicted molar refractivity (Wildman–Crippen MR) is 117 cm³/mol. The monoisotopic (exact) mass is 488 g/mol. The van der Waals surface area contributed by atoms with Gasteiger partial charge < -0.3 is 19.7 Å². The molecule has 1 saturated heterocycles. The molecule has 31 heavy (non-hydrogen) atoms. The summed E-state index contributed by atoms with van der Waals surface area (Å²) < 4.78 is 10.9. The van der Waals surface area contributed by atoms with Gasteiger partial charge in [-0.05, 0) is 55.5 Å². The molecule has 1 aliphatic rings. The van der Waals surface area contributed by atoms with E-state index in [0.29, 0.717) is 16.9 Å². The molecule has 0 unspecified atom stereocenters. The summed E-state index contributed by atoms with van der Waals surface area (Å²) >= 11 is 3.31. The number of nitrogens with zero attached hydrogens (tertiary/aromatic N) is 1. The van der Waals surface area contributed by atoms with Crippen molar-refractivity contribution in [1.82, 2.24) is 0 Å². The van der Waals surface area contributed by atoms with E-state index in [1.54, 1.807) is 55.5 Å². The highest BCUT2D eigenvalue weighted by molar-refractivity contribution is 9.10. The standard InChI is InChI=1S/C22H21BrN2O6/c1-2-30-21(28)14-3-9-18(10-4-14)25-12-15(11-20(25)27)22(29)31-13-19(26)24-17-7-5-16(23)6-8-17/h3-10,15H,2,11-13H2,1H3,(H,24,26)/t15-/m1/s1. The van der Waals surface area contributed by atoms with Crippen LogP contribution in [0.1, 0.15) is 23.7 Å². The van der Waals surface area contributed by atoms with E-state index in [4.69, 9.17) is 9.47 Å². The number of hydrogen-bond donors (Lipinski definition) is 1. The first-order valence-corrected chi connectivity index (χ1v) is 10.5. The van der Waals surface area contributed by atoms with Crippen molar-refractivity contribution in [3.05, 3.63) is 58.6 Å². The Kier molecular flexibility index (Phi) is 7.41. The lowest BCUT2D eigenvalue weighted by Gasteiger charge is -2.17. The molecule has 1 fully saturated rings. The normalized spacial score (nSPS) is 15.5. The van der Waals surface area contributed by atoms with Crippen molar-refractivity contribution in [1.29, 1.82) is 0 Å². The van der Waals surface area contributed by atoms with Crippen LogP contribution in [0.25, 0.3) is 0 Å². The van der Waals surface area contributed by atoms with Crippen LogP contribution in [0.5, 0.6) is 0 Å². The highest BCUT2D eigenvalue weighted by Gasteiger charge is 2.36. The molecule has 2 aromatic carbocycles. The van der Waals surface area contributed by atoms with Gasteiger partial charge in [0.25, 0.3) is 5.91 Å². The fourth-order valence-electron chi connectivity index (χ4n) is 3.09. The van der Waals surface area contributed by atoms with Crippen LogP contribution in [0.2, 0.25) is 0 Å². The third-order valence-corrected chi connectivity index (χ3v) is 5.15. The minimum atomic E-state index is -0.669. The second-order valence-corrected chi connectivity index (χ2v) is 7.75. The summed E-state index contributed by atoms with van der Waals surface area (Å²) in [5.74, 6) is -2.41. The lowest BCUT2D eigenvalue weighted by atomic mass is 10.1. The fourth-order valence-corrected chi connectivity index (χ4v) is 3.36. The molecule has 8 nitrogen and oxygen atoms in total. The first kappa shape index (κ1) is 22.5. The first-order chi connectivity index (χ1) is 14.9. The van der Waals surface area contributed by atoms with E-state index in [1.807, 2.05) is 0 Å². The van der Waals surface area contributed by atoms with Crippen molar-refractivity contribution in [3.8, 4) is 0 Å². The smallest absolute Gasteiger partial charge is 0.338 e. The molecule has 3 rings (SSSR count). The highest BCUT2D eigenvalue weighted by Crippen LogP contribution is 2.26. The number of halogens is 1. The summed E-state index contributed by atoms with van der Waals surface area (Å²) in [7, 11) is 0. The average Bonchev–Trinajstić information content (AvgIpc) is 3.15. The third kappa shape index (κ3) is 5.91. The second-order valence-electron chi connectivity index (χ2n) is 6.84. The molecule has 1 atom stereocenters. The molecule has 2 aromatic rings. The molecule has 0 spiro atoms. The lowest BCUT2D eigenvalue weighted by Crippen LogP contribution is -2.28. The molecular formula is C22H21BrN2O6. The number of rotatable bonds is 7. The van der Waals surface area contributed by atoms with Crippen LogP contribution in [0.15, 0.2) is 53.0 Å². The first-order valence-electron chi connectivity index (χ1n) is 9.67. The number of benzene rings is 2. The van der Waals surface area contributed by atoms with Crippen LogP contribution >= 0.6 is 15.9 Å². The van der Waals surface area contributed by atoms with Crippen LogP contribution in [0.3, 0.4) is 0 Å². The van der Waals surface area contributed by atoms with Crippen LogP contribution in [-0.4, -0.2) is 43.5 Å². The second kappa shape index (κ2) is 10.2. The summed E-state index contributed by atoms with van der Waals surface area (Å²) in [4.78, 5) is 49.9. The fraction of sp³-hybridized carbons (Fsp3) is 0.273. The van der Waals surface area contributed by atoms with Gasteiger partial charge in [-0.25, -0.2) is 4.79 Å². The summed E-state index contributed by atoms with van der Waals surface area (Å²) in [5, 5.41) is 2.63. The van der Waals surface area contributed by atoms with Crippen molar-refractivity contribution in [3.63, 3.8) is 0 Å². The van der Waals surface area contributed by atoms with Crippen LogP contribution in [0.4, 0.5) is 11.4 Å². The van der Waals surface area contributed by atoms with Crippen molar-refractivity contribution in [2.75, 3.05) is 30.0 Å². The van der Waals surface area contributed by atoms with Gasteiger partial charge >= 0.3 is 11.9 Å². The Morgan fingerprint density at radius 1 is 1.06 bits per heavy atom. The van der Waals surface area contributed by atoms with Crippen molar-refractivity contribution in [2.24, 2.45) is 5.92 Å². The number of hydrogen-bond acceptors (Lipinski definition) is 6. The van der Waals surface area contributed by atoms with Gasteiger partial charge in [-0.1, -0.05) is 15.9 Å². The van der Waals surface area contributed by atoms with Crippen molar-refractivity contribution >= 4 is 51.1 Å². The van der Waals surface area contributed by atoms with Crippen LogP contribution < -0.4 is 10.2 Å². The molecule has 0 radical (unpaired) electrons. The molecule has 2 amide bonds. The number of ether oxygens (including phenoxy) is 2. The maximum atomic E-state index is 12.4. The Balaban J connectivity index is 1.52. The van der Waals surface area contributed by atoms with Crippen LogP contribution in [0, 0.1) is 5.92 Å². The molecule has 9 heteroatoms. The van der Waals surface area contributed by atoms with Gasteiger partial charge in [0.15, 0.2) is 6.61 Å². The Morgan fingerprint density at radius 2 is 1.74 bits per heavy atom. The molecule has 0 bridgehead atoms. The minimum absolute atomic E-state index is 0.00715. The van der Waals surface area contributed by atoms with E-state index in [0.717, 1.165) is 4.47 Å². The van der Waals surface area contributed by atoms with Gasteiger partial charge in [-0.2, -0.15) is 0 Å². The molecular weight excluding hydrogens is 468 g/mol. The number of carbonyl (C=O) groups is 4. The topological polar surface area (TPSA) is 102 Å². The van der Waals surface area contributed by atoms with Gasteiger partial charge in [0.05, 0.1) is 18.1 Å². The van der Waals surface area contributed by atoms with Gasteiger partial charge in [-0.15, -0.1) is 0 Å². The van der Waals surface area contributed by atoms with E-state index in [1.165, 1.54) is 4.90 Å². The molecule has 0 saturated carbocycles. The van der Waals surface area contributed by atoms with E-state index in [2.05, 4.69) is 21.2 Å². The quantitative estimate of drug-likeness (QED) is 0.600. The van der Waals surface area contributed by atoms with Gasteiger partial charge in [0.1, 0.15) is 0 Å². The van der Waals surface area contributed by atoms with Gasteiger partial charge in [0.2, 0.25) is 5.91 Å². The Labute approximate surface area is 187 Å². The Hall–Kier alpha value is -3.20. The number of esters is 2. The molecule has 1 aliphatic heterocycles. The van der Waals surface area contributed by atoms with Gasteiger partial charge in [0, 0.05) is 28.8 Å². The lowest BCUT2D eigenvalue weighted by molar-refractivity contribution is -0.151. The van der Waals surface area contributed by atoms with Crippen LogP contribution in [-0.2, 0) is 23.9 Å². The molecule has 0 aliphatic carbocycles. The maximum absolute atomic E-state index is 12.4. The zero-order chi connectivity index (χ0) is 22.4. The highest BCUT2D eigenvalue weighted by atomic mass is 79.9. The Bertz CT molecular complexity index is 975. The van der Waals surface area contributed by atoms with Crippen molar-refractivity contribution < 1.29 is 28.7 Å².